The number of furan rings is 1. The lowest BCUT2D eigenvalue weighted by Gasteiger charge is -2.12. The summed E-state index contributed by atoms with van der Waals surface area (Å²) in [6.45, 7) is 0. The van der Waals surface area contributed by atoms with Gasteiger partial charge in [0.1, 0.15) is 16.5 Å². The van der Waals surface area contributed by atoms with Crippen LogP contribution in [0, 0.1) is 5.82 Å². The summed E-state index contributed by atoms with van der Waals surface area (Å²) in [5.74, 6) is -1.86. The first kappa shape index (κ1) is 19.2. The number of hydrogen-bond acceptors (Lipinski definition) is 4. The van der Waals surface area contributed by atoms with Crippen molar-refractivity contribution in [3.8, 4) is 11.3 Å². The van der Waals surface area contributed by atoms with Crippen LogP contribution in [0.2, 0.25) is 10.0 Å². The van der Waals surface area contributed by atoms with Gasteiger partial charge in [-0.15, -0.1) is 0 Å². The van der Waals surface area contributed by atoms with E-state index < -0.39 is 32.3 Å². The van der Waals surface area contributed by atoms with Crippen LogP contribution >= 0.6 is 23.2 Å². The monoisotopic (exact) mass is 429 g/mol. The number of benzene rings is 2. The van der Waals surface area contributed by atoms with Crippen LogP contribution < -0.4 is 4.72 Å². The Hall–Kier alpha value is -2.55. The number of carbonyl (C=O) groups is 1. The summed E-state index contributed by atoms with van der Waals surface area (Å²) in [5.41, 5.74) is -0.370. The van der Waals surface area contributed by atoms with Gasteiger partial charge in [-0.25, -0.2) is 17.6 Å². The molecule has 27 heavy (non-hydrogen) atoms. The Kier molecular flexibility index (Phi) is 5.14. The summed E-state index contributed by atoms with van der Waals surface area (Å²) in [6, 6.07) is 8.80. The second-order valence-corrected chi connectivity index (χ2v) is 7.81. The van der Waals surface area contributed by atoms with Gasteiger partial charge in [-0.05, 0) is 42.5 Å². The van der Waals surface area contributed by atoms with Crippen LogP contribution in [0.15, 0.2) is 58.0 Å². The molecule has 0 radical (unpaired) electrons. The molecule has 0 aliphatic carbocycles. The summed E-state index contributed by atoms with van der Waals surface area (Å²) in [4.78, 5) is 10.6. The third-order valence-corrected chi connectivity index (χ3v) is 5.70. The Bertz CT molecular complexity index is 1130. The summed E-state index contributed by atoms with van der Waals surface area (Å²) in [5, 5.41) is 8.58. The van der Waals surface area contributed by atoms with Crippen molar-refractivity contribution >= 4 is 44.9 Å². The minimum Gasteiger partial charge on any atom is -0.478 e. The van der Waals surface area contributed by atoms with Crippen molar-refractivity contribution in [2.75, 3.05) is 4.72 Å². The van der Waals surface area contributed by atoms with Crippen molar-refractivity contribution in [1.82, 2.24) is 0 Å². The number of halogens is 3. The van der Waals surface area contributed by atoms with Crippen LogP contribution in [-0.4, -0.2) is 19.5 Å². The number of nitrogens with one attached hydrogen (secondary N) is 1. The zero-order valence-electron chi connectivity index (χ0n) is 13.2. The molecule has 1 heterocycles. The Morgan fingerprint density at radius 1 is 1.11 bits per heavy atom. The zero-order chi connectivity index (χ0) is 19.8. The molecule has 0 bridgehead atoms. The molecule has 0 amide bonds. The van der Waals surface area contributed by atoms with Crippen LogP contribution in [0.25, 0.3) is 11.3 Å². The fraction of sp³-hybridized carbons (Fsp3) is 0. The highest BCUT2D eigenvalue weighted by Crippen LogP contribution is 2.32. The molecule has 2 aromatic carbocycles. The first-order chi connectivity index (χ1) is 12.7. The Morgan fingerprint density at radius 2 is 1.85 bits per heavy atom. The molecule has 10 heteroatoms. The maximum Gasteiger partial charge on any atom is 0.337 e. The van der Waals surface area contributed by atoms with E-state index >= 15 is 0 Å². The van der Waals surface area contributed by atoms with Gasteiger partial charge >= 0.3 is 5.97 Å². The number of carboxylic acid groups (broad SMARTS) is 1. The zero-order valence-corrected chi connectivity index (χ0v) is 15.6. The number of rotatable bonds is 5. The average Bonchev–Trinajstić information content (AvgIpc) is 3.10. The molecule has 0 aliphatic rings. The SMILES string of the molecule is O=C(O)c1cc(S(=O)(=O)Nc2cc(-c3ccco3)ccc2F)c(Cl)cc1Cl. The van der Waals surface area contributed by atoms with Crippen LogP contribution in [-0.2, 0) is 10.0 Å². The molecule has 0 aliphatic heterocycles. The van der Waals surface area contributed by atoms with E-state index in [1.165, 1.54) is 18.4 Å². The first-order valence-corrected chi connectivity index (χ1v) is 9.51. The first-order valence-electron chi connectivity index (χ1n) is 7.27. The Labute approximate surface area is 163 Å². The van der Waals surface area contributed by atoms with Crippen molar-refractivity contribution in [3.05, 3.63) is 70.2 Å². The van der Waals surface area contributed by atoms with Gasteiger partial charge in [-0.1, -0.05) is 23.2 Å². The van der Waals surface area contributed by atoms with Gasteiger partial charge in [0.15, 0.2) is 0 Å². The number of carboxylic acids is 1. The van der Waals surface area contributed by atoms with Crippen LogP contribution in [0.5, 0.6) is 0 Å². The summed E-state index contributed by atoms with van der Waals surface area (Å²) >= 11 is 11.7. The van der Waals surface area contributed by atoms with E-state index in [0.29, 0.717) is 11.3 Å². The minimum atomic E-state index is -4.40. The van der Waals surface area contributed by atoms with Gasteiger partial charge in [0.05, 0.1) is 27.6 Å². The maximum atomic E-state index is 14.1. The molecule has 0 unspecified atom stereocenters. The molecule has 0 fully saturated rings. The number of hydrogen-bond donors (Lipinski definition) is 2. The smallest absolute Gasteiger partial charge is 0.337 e. The third kappa shape index (κ3) is 3.92. The minimum absolute atomic E-state index is 0.225. The third-order valence-electron chi connectivity index (χ3n) is 3.56. The predicted molar refractivity (Wildman–Crippen MR) is 98.3 cm³/mol. The van der Waals surface area contributed by atoms with Gasteiger partial charge in [-0.3, -0.25) is 4.72 Å². The number of anilines is 1. The fourth-order valence-corrected chi connectivity index (χ4v) is 4.21. The maximum absolute atomic E-state index is 14.1. The van der Waals surface area contributed by atoms with E-state index in [2.05, 4.69) is 4.72 Å². The van der Waals surface area contributed by atoms with Gasteiger partial charge in [0, 0.05) is 5.56 Å². The number of sulfonamides is 1. The van der Waals surface area contributed by atoms with Crippen molar-refractivity contribution in [3.63, 3.8) is 0 Å². The van der Waals surface area contributed by atoms with E-state index in [4.69, 9.17) is 32.7 Å². The summed E-state index contributed by atoms with van der Waals surface area (Å²) in [7, 11) is -4.40. The normalized spacial score (nSPS) is 11.4. The van der Waals surface area contributed by atoms with Gasteiger partial charge in [0.2, 0.25) is 0 Å². The molecule has 3 aromatic rings. The van der Waals surface area contributed by atoms with Crippen molar-refractivity contribution < 1.29 is 27.1 Å². The van der Waals surface area contributed by atoms with Crippen LogP contribution in [0.3, 0.4) is 0 Å². The molecule has 2 N–H and O–H groups in total. The average molecular weight is 430 g/mol. The van der Waals surface area contributed by atoms with E-state index in [0.717, 1.165) is 18.2 Å². The molecular weight excluding hydrogens is 420 g/mol. The molecule has 0 saturated heterocycles. The molecule has 6 nitrogen and oxygen atoms in total. The lowest BCUT2D eigenvalue weighted by Crippen LogP contribution is -2.15. The highest BCUT2D eigenvalue weighted by molar-refractivity contribution is 7.92. The van der Waals surface area contributed by atoms with E-state index in [1.807, 2.05) is 0 Å². The summed E-state index contributed by atoms with van der Waals surface area (Å²) in [6.07, 6.45) is 1.42. The molecular formula is C17H10Cl2FNO5S. The van der Waals surface area contributed by atoms with E-state index in [1.54, 1.807) is 12.1 Å². The van der Waals surface area contributed by atoms with Gasteiger partial charge in [-0.2, -0.15) is 0 Å². The van der Waals surface area contributed by atoms with Crippen LogP contribution in [0.4, 0.5) is 10.1 Å². The lowest BCUT2D eigenvalue weighted by molar-refractivity contribution is 0.0697. The molecule has 0 atom stereocenters. The standard InChI is InChI=1S/C17H10Cl2FNO5S/c18-11-8-12(19)16(7-10(11)17(22)23)27(24,25)21-14-6-9(3-4-13(14)20)15-2-1-5-26-15/h1-8,21H,(H,22,23). The Balaban J connectivity index is 2.04. The van der Waals surface area contributed by atoms with E-state index in [9.17, 15) is 17.6 Å². The second-order valence-electron chi connectivity index (χ2n) is 5.35. The van der Waals surface area contributed by atoms with Gasteiger partial charge in [0.25, 0.3) is 10.0 Å². The fourth-order valence-electron chi connectivity index (χ4n) is 2.30. The predicted octanol–water partition coefficient (Wildman–Crippen LogP) is 4.89. The molecule has 0 saturated carbocycles. The molecule has 3 rings (SSSR count). The molecule has 0 spiro atoms. The van der Waals surface area contributed by atoms with Crippen molar-refractivity contribution in [2.45, 2.75) is 4.90 Å². The van der Waals surface area contributed by atoms with Crippen LogP contribution in [0.1, 0.15) is 10.4 Å². The highest BCUT2D eigenvalue weighted by Gasteiger charge is 2.24. The highest BCUT2D eigenvalue weighted by atomic mass is 35.5. The van der Waals surface area contributed by atoms with Crippen molar-refractivity contribution in [1.29, 1.82) is 0 Å². The van der Waals surface area contributed by atoms with Crippen molar-refractivity contribution in [2.24, 2.45) is 0 Å². The largest absolute Gasteiger partial charge is 0.478 e. The molecule has 140 valence electrons. The molecule has 1 aromatic heterocycles. The summed E-state index contributed by atoms with van der Waals surface area (Å²) < 4.78 is 46.7. The quantitative estimate of drug-likeness (QED) is 0.601. The van der Waals surface area contributed by atoms with Gasteiger partial charge < -0.3 is 9.52 Å². The number of aromatic carboxylic acids is 1. The topological polar surface area (TPSA) is 96.6 Å². The Morgan fingerprint density at radius 3 is 2.48 bits per heavy atom. The second kappa shape index (κ2) is 7.22. The lowest BCUT2D eigenvalue weighted by atomic mass is 10.1. The van der Waals surface area contributed by atoms with E-state index in [-0.39, 0.29) is 15.7 Å².